The quantitative estimate of drug-likeness (QED) is 0.569. The molecule has 0 amide bonds. The van der Waals surface area contributed by atoms with Crippen LogP contribution in [0.2, 0.25) is 18.1 Å². The summed E-state index contributed by atoms with van der Waals surface area (Å²) >= 11 is 0. The van der Waals surface area contributed by atoms with Gasteiger partial charge in [0.05, 0.1) is 6.61 Å². The second-order valence-corrected chi connectivity index (χ2v) is 11.0. The zero-order chi connectivity index (χ0) is 14.5. The summed E-state index contributed by atoms with van der Waals surface area (Å²) in [6.07, 6.45) is 7.59. The summed E-state index contributed by atoms with van der Waals surface area (Å²) in [5.41, 5.74) is 1.98. The fourth-order valence-electron chi connectivity index (χ4n) is 1.43. The smallest absolute Gasteiger partial charge is 0.192 e. The van der Waals surface area contributed by atoms with Gasteiger partial charge in [-0.3, -0.25) is 0 Å². The molecule has 0 saturated heterocycles. The summed E-state index contributed by atoms with van der Waals surface area (Å²) < 4.78 is 6.11. The Morgan fingerprint density at radius 3 is 2.32 bits per heavy atom. The molecule has 1 nitrogen and oxygen atoms in total. The van der Waals surface area contributed by atoms with E-state index in [4.69, 9.17) is 10.8 Å². The zero-order valence-corrected chi connectivity index (χ0v) is 13.7. The van der Waals surface area contributed by atoms with Crippen LogP contribution in [0.15, 0.2) is 36.4 Å². The zero-order valence-electron chi connectivity index (χ0n) is 12.7. The van der Waals surface area contributed by atoms with Crippen LogP contribution < -0.4 is 0 Å². The molecule has 0 aliphatic rings. The number of allylic oxidation sites excluding steroid dienone is 1. The highest BCUT2D eigenvalue weighted by atomic mass is 28.4. The van der Waals surface area contributed by atoms with Crippen molar-refractivity contribution in [3.63, 3.8) is 0 Å². The molecule has 1 rings (SSSR count). The highest BCUT2D eigenvalue weighted by molar-refractivity contribution is 6.74. The maximum atomic E-state index is 6.11. The van der Waals surface area contributed by atoms with E-state index in [9.17, 15) is 0 Å². The Kier molecular flexibility index (Phi) is 5.17. The fraction of sp³-hybridized carbons (Fsp3) is 0.412. The Morgan fingerprint density at radius 2 is 1.84 bits per heavy atom. The van der Waals surface area contributed by atoms with Crippen molar-refractivity contribution in [2.24, 2.45) is 0 Å². The summed E-state index contributed by atoms with van der Waals surface area (Å²) in [5, 5.41) is 0.226. The molecule has 0 radical (unpaired) electrons. The lowest BCUT2D eigenvalue weighted by Gasteiger charge is -2.35. The summed E-state index contributed by atoms with van der Waals surface area (Å²) in [6, 6.07) is 10.0. The van der Waals surface area contributed by atoms with Crippen molar-refractivity contribution in [2.75, 3.05) is 6.61 Å². The van der Waals surface area contributed by atoms with Crippen molar-refractivity contribution in [1.82, 2.24) is 0 Å². The first-order valence-corrected chi connectivity index (χ1v) is 9.55. The molecule has 0 heterocycles. The van der Waals surface area contributed by atoms with Crippen LogP contribution in [0.4, 0.5) is 0 Å². The summed E-state index contributed by atoms with van der Waals surface area (Å²) in [7, 11) is -1.70. The van der Waals surface area contributed by atoms with Gasteiger partial charge >= 0.3 is 0 Å². The van der Waals surface area contributed by atoms with Crippen LogP contribution in [0.5, 0.6) is 0 Å². The van der Waals surface area contributed by atoms with Gasteiger partial charge in [0.2, 0.25) is 0 Å². The third-order valence-corrected chi connectivity index (χ3v) is 8.28. The van der Waals surface area contributed by atoms with Crippen LogP contribution in [0, 0.1) is 12.3 Å². The Hall–Kier alpha value is -1.30. The largest absolute Gasteiger partial charge is 0.413 e. The molecular formula is C17H24OSi. The van der Waals surface area contributed by atoms with Gasteiger partial charge in [0.15, 0.2) is 8.32 Å². The highest BCUT2D eigenvalue weighted by Gasteiger charge is 2.36. The number of rotatable bonds is 4. The van der Waals surface area contributed by atoms with Crippen molar-refractivity contribution in [3.8, 4) is 12.3 Å². The second-order valence-electron chi connectivity index (χ2n) is 6.20. The number of benzene rings is 1. The first-order valence-electron chi connectivity index (χ1n) is 6.64. The van der Waals surface area contributed by atoms with E-state index in [-0.39, 0.29) is 5.04 Å². The van der Waals surface area contributed by atoms with Crippen molar-refractivity contribution in [2.45, 2.75) is 38.9 Å². The van der Waals surface area contributed by atoms with E-state index in [1.807, 2.05) is 36.4 Å². The monoisotopic (exact) mass is 272 g/mol. The maximum absolute atomic E-state index is 6.11. The van der Waals surface area contributed by atoms with Crippen molar-refractivity contribution in [1.29, 1.82) is 0 Å². The predicted molar refractivity (Wildman–Crippen MR) is 86.4 cm³/mol. The topological polar surface area (TPSA) is 9.23 Å². The molecule has 2 heteroatoms. The highest BCUT2D eigenvalue weighted by Crippen LogP contribution is 2.36. The standard InChI is InChI=1S/C17H24OSi/c1-7-15(16-11-9-8-10-12-16)13-14-18-19(5,6)17(2,3)4/h1,8-13H,14H2,2-6H3/b15-13+. The van der Waals surface area contributed by atoms with Gasteiger partial charge in [-0.15, -0.1) is 6.42 Å². The van der Waals surface area contributed by atoms with Crippen molar-refractivity contribution in [3.05, 3.63) is 42.0 Å². The minimum atomic E-state index is -1.70. The molecule has 0 spiro atoms. The van der Waals surface area contributed by atoms with E-state index in [1.54, 1.807) is 0 Å². The third kappa shape index (κ3) is 4.38. The SMILES string of the molecule is C#C/C(=C\CO[Si](C)(C)C(C)(C)C)c1ccccc1. The predicted octanol–water partition coefficient (Wildman–Crippen LogP) is 4.73. The minimum Gasteiger partial charge on any atom is -0.413 e. The Balaban J connectivity index is 2.74. The lowest BCUT2D eigenvalue weighted by molar-refractivity contribution is 0.328. The fourth-order valence-corrected chi connectivity index (χ4v) is 2.36. The van der Waals surface area contributed by atoms with Crippen molar-refractivity contribution >= 4 is 13.9 Å². The van der Waals surface area contributed by atoms with Crippen LogP contribution >= 0.6 is 0 Å². The average Bonchev–Trinajstić information content (AvgIpc) is 2.34. The van der Waals surface area contributed by atoms with Gasteiger partial charge in [-0.25, -0.2) is 0 Å². The minimum absolute atomic E-state index is 0.226. The van der Waals surface area contributed by atoms with Gasteiger partial charge in [-0.1, -0.05) is 57.0 Å². The van der Waals surface area contributed by atoms with Crippen LogP contribution in [0.3, 0.4) is 0 Å². The van der Waals surface area contributed by atoms with E-state index < -0.39 is 8.32 Å². The molecule has 0 saturated carbocycles. The average molecular weight is 272 g/mol. The van der Waals surface area contributed by atoms with Crippen LogP contribution in [-0.2, 0) is 4.43 Å². The van der Waals surface area contributed by atoms with E-state index in [1.165, 1.54) is 0 Å². The molecule has 0 fully saturated rings. The first kappa shape index (κ1) is 15.8. The van der Waals surface area contributed by atoms with Gasteiger partial charge in [-0.2, -0.15) is 0 Å². The lowest BCUT2D eigenvalue weighted by atomic mass is 10.1. The van der Waals surface area contributed by atoms with Crippen LogP contribution in [0.25, 0.3) is 5.57 Å². The molecular weight excluding hydrogens is 248 g/mol. The molecule has 0 unspecified atom stereocenters. The molecule has 0 bridgehead atoms. The van der Waals surface area contributed by atoms with E-state index in [0.717, 1.165) is 11.1 Å². The summed E-state index contributed by atoms with van der Waals surface area (Å²) in [6.45, 7) is 11.8. The Bertz CT molecular complexity index is 472. The molecule has 19 heavy (non-hydrogen) atoms. The maximum Gasteiger partial charge on any atom is 0.192 e. The second kappa shape index (κ2) is 6.23. The Morgan fingerprint density at radius 1 is 1.26 bits per heavy atom. The Labute approximate surface area is 118 Å². The molecule has 0 atom stereocenters. The van der Waals surface area contributed by atoms with E-state index in [2.05, 4.69) is 39.8 Å². The van der Waals surface area contributed by atoms with Crippen LogP contribution in [0.1, 0.15) is 26.3 Å². The number of hydrogen-bond acceptors (Lipinski definition) is 1. The molecule has 0 aromatic heterocycles. The molecule has 1 aromatic rings. The third-order valence-electron chi connectivity index (χ3n) is 3.78. The molecule has 102 valence electrons. The molecule has 1 aromatic carbocycles. The normalized spacial score (nSPS) is 13.2. The van der Waals surface area contributed by atoms with Gasteiger partial charge in [-0.05, 0) is 29.8 Å². The number of terminal acetylenes is 1. The van der Waals surface area contributed by atoms with Crippen LogP contribution in [-0.4, -0.2) is 14.9 Å². The van der Waals surface area contributed by atoms with Gasteiger partial charge in [0.25, 0.3) is 0 Å². The van der Waals surface area contributed by atoms with E-state index in [0.29, 0.717) is 6.61 Å². The van der Waals surface area contributed by atoms with E-state index >= 15 is 0 Å². The van der Waals surface area contributed by atoms with Gasteiger partial charge in [0, 0.05) is 5.57 Å². The van der Waals surface area contributed by atoms with Crippen molar-refractivity contribution < 1.29 is 4.43 Å². The summed E-state index contributed by atoms with van der Waals surface area (Å²) in [5.74, 6) is 2.74. The van der Waals surface area contributed by atoms with Gasteiger partial charge < -0.3 is 4.43 Å². The first-order chi connectivity index (χ1) is 8.78. The lowest BCUT2D eigenvalue weighted by Crippen LogP contribution is -2.40. The summed E-state index contributed by atoms with van der Waals surface area (Å²) in [4.78, 5) is 0. The molecule has 0 aliphatic carbocycles. The molecule has 0 N–H and O–H groups in total. The number of hydrogen-bond donors (Lipinski definition) is 0. The van der Waals surface area contributed by atoms with Gasteiger partial charge in [0.1, 0.15) is 0 Å². The molecule has 0 aliphatic heterocycles.